The second-order valence-corrected chi connectivity index (χ2v) is 4.57. The fraction of sp³-hybridized carbons (Fsp3) is 0.467. The Morgan fingerprint density at radius 3 is 2.60 bits per heavy atom. The van der Waals surface area contributed by atoms with Crippen LogP contribution in [0.15, 0.2) is 24.3 Å². The van der Waals surface area contributed by atoms with Gasteiger partial charge in [-0.05, 0) is 26.3 Å². The molecule has 0 spiro atoms. The number of amides is 1. The highest BCUT2D eigenvalue weighted by Gasteiger charge is 2.27. The lowest BCUT2D eigenvalue weighted by atomic mass is 10.1. The van der Waals surface area contributed by atoms with Crippen molar-refractivity contribution in [2.45, 2.75) is 33.4 Å². The summed E-state index contributed by atoms with van der Waals surface area (Å²) in [6.07, 6.45) is 0. The van der Waals surface area contributed by atoms with Crippen molar-refractivity contribution in [1.29, 1.82) is 0 Å². The number of rotatable bonds is 6. The average Bonchev–Trinajstić information content (AvgIpc) is 2.43. The number of hydrogen-bond donors (Lipinski definition) is 1. The zero-order chi connectivity index (χ0) is 15.1. The molecule has 1 unspecified atom stereocenters. The molecule has 20 heavy (non-hydrogen) atoms. The summed E-state index contributed by atoms with van der Waals surface area (Å²) in [6, 6.07) is 6.63. The highest BCUT2D eigenvalue weighted by atomic mass is 16.5. The van der Waals surface area contributed by atoms with E-state index in [1.165, 1.54) is 0 Å². The molecule has 0 aliphatic heterocycles. The molecule has 0 saturated heterocycles. The van der Waals surface area contributed by atoms with Crippen LogP contribution in [0.5, 0.6) is 0 Å². The third-order valence-electron chi connectivity index (χ3n) is 2.96. The molecule has 0 aromatic heterocycles. The normalized spacial score (nSPS) is 11.8. The molecular weight excluding hydrogens is 256 g/mol. The topological polar surface area (TPSA) is 72.6 Å². The van der Waals surface area contributed by atoms with Crippen molar-refractivity contribution in [2.24, 2.45) is 5.73 Å². The molecule has 0 fully saturated rings. The molecule has 0 bridgehead atoms. The van der Waals surface area contributed by atoms with Gasteiger partial charge in [-0.1, -0.05) is 29.8 Å². The predicted octanol–water partition coefficient (Wildman–Crippen LogP) is 1.23. The third kappa shape index (κ3) is 4.35. The van der Waals surface area contributed by atoms with Gasteiger partial charge in [0.05, 0.1) is 6.61 Å². The van der Waals surface area contributed by atoms with Crippen LogP contribution in [0.3, 0.4) is 0 Å². The number of nitrogens with zero attached hydrogens (tertiary/aromatic N) is 1. The molecule has 0 saturated carbocycles. The van der Waals surface area contributed by atoms with Gasteiger partial charge >= 0.3 is 5.97 Å². The standard InChI is InChI=1S/C15H22N2O3/c1-4-17(10-12-8-6-7-11(3)9-12)14(18)13(16)15(19)20-5-2/h6-9,13H,4-5,10,16H2,1-3H3. The second kappa shape index (κ2) is 7.65. The maximum absolute atomic E-state index is 12.2. The van der Waals surface area contributed by atoms with Crippen molar-refractivity contribution < 1.29 is 14.3 Å². The quantitative estimate of drug-likeness (QED) is 0.627. The minimum atomic E-state index is -1.25. The number of hydrogen-bond acceptors (Lipinski definition) is 4. The first-order chi connectivity index (χ1) is 9.49. The Kier molecular flexibility index (Phi) is 6.18. The second-order valence-electron chi connectivity index (χ2n) is 4.57. The van der Waals surface area contributed by atoms with Crippen LogP contribution < -0.4 is 5.73 Å². The Morgan fingerprint density at radius 2 is 2.05 bits per heavy atom. The van der Waals surface area contributed by atoms with E-state index in [1.54, 1.807) is 11.8 Å². The summed E-state index contributed by atoms with van der Waals surface area (Å²) in [6.45, 7) is 6.66. The predicted molar refractivity (Wildman–Crippen MR) is 76.9 cm³/mol. The number of carbonyl (C=O) groups is 2. The summed E-state index contributed by atoms with van der Waals surface area (Å²) in [4.78, 5) is 25.2. The number of ether oxygens (including phenoxy) is 1. The largest absolute Gasteiger partial charge is 0.464 e. The molecule has 1 aromatic rings. The molecule has 0 heterocycles. The Bertz CT molecular complexity index is 474. The Hall–Kier alpha value is -1.88. The van der Waals surface area contributed by atoms with Crippen molar-refractivity contribution in [2.75, 3.05) is 13.2 Å². The zero-order valence-corrected chi connectivity index (χ0v) is 12.3. The SMILES string of the molecule is CCOC(=O)C(N)C(=O)N(CC)Cc1cccc(C)c1. The smallest absolute Gasteiger partial charge is 0.332 e. The van der Waals surface area contributed by atoms with Crippen molar-refractivity contribution in [1.82, 2.24) is 4.90 Å². The van der Waals surface area contributed by atoms with E-state index < -0.39 is 17.9 Å². The van der Waals surface area contributed by atoms with E-state index in [4.69, 9.17) is 10.5 Å². The maximum atomic E-state index is 12.2. The van der Waals surface area contributed by atoms with Crippen LogP contribution in [-0.2, 0) is 20.9 Å². The van der Waals surface area contributed by atoms with Gasteiger partial charge in [-0.2, -0.15) is 0 Å². The van der Waals surface area contributed by atoms with E-state index in [-0.39, 0.29) is 6.61 Å². The third-order valence-corrected chi connectivity index (χ3v) is 2.96. The summed E-state index contributed by atoms with van der Waals surface area (Å²) in [5.41, 5.74) is 7.78. The van der Waals surface area contributed by atoms with E-state index in [1.807, 2.05) is 38.1 Å². The molecule has 0 aliphatic carbocycles. The minimum Gasteiger partial charge on any atom is -0.464 e. The molecule has 0 aliphatic rings. The number of nitrogens with two attached hydrogens (primary N) is 1. The molecule has 1 amide bonds. The number of benzene rings is 1. The molecule has 1 rings (SSSR count). The zero-order valence-electron chi connectivity index (χ0n) is 12.3. The first kappa shape index (κ1) is 16.2. The van der Waals surface area contributed by atoms with Crippen molar-refractivity contribution in [3.05, 3.63) is 35.4 Å². The lowest BCUT2D eigenvalue weighted by Crippen LogP contribution is -2.48. The lowest BCUT2D eigenvalue weighted by molar-refractivity contribution is -0.151. The maximum Gasteiger partial charge on any atom is 0.332 e. The molecule has 5 heteroatoms. The summed E-state index contributed by atoms with van der Waals surface area (Å²) in [5.74, 6) is -1.09. The van der Waals surface area contributed by atoms with Gasteiger partial charge in [0.25, 0.3) is 5.91 Å². The van der Waals surface area contributed by atoms with Gasteiger partial charge in [0, 0.05) is 13.1 Å². The monoisotopic (exact) mass is 278 g/mol. The fourth-order valence-electron chi connectivity index (χ4n) is 1.91. The molecule has 2 N–H and O–H groups in total. The van der Waals surface area contributed by atoms with Crippen molar-refractivity contribution >= 4 is 11.9 Å². The van der Waals surface area contributed by atoms with Gasteiger partial charge < -0.3 is 15.4 Å². The molecule has 1 aromatic carbocycles. The van der Waals surface area contributed by atoms with Crippen molar-refractivity contribution in [3.63, 3.8) is 0 Å². The summed E-state index contributed by atoms with van der Waals surface area (Å²) in [7, 11) is 0. The van der Waals surface area contributed by atoms with E-state index in [9.17, 15) is 9.59 Å². The van der Waals surface area contributed by atoms with Crippen LogP contribution >= 0.6 is 0 Å². The summed E-state index contributed by atoms with van der Waals surface area (Å²) < 4.78 is 4.78. The molecule has 1 atom stereocenters. The van der Waals surface area contributed by atoms with Crippen LogP contribution in [0.25, 0.3) is 0 Å². The van der Waals surface area contributed by atoms with E-state index in [2.05, 4.69) is 0 Å². The number of aryl methyl sites for hydroxylation is 1. The van der Waals surface area contributed by atoms with Gasteiger partial charge in [0.15, 0.2) is 6.04 Å². The molecule has 0 radical (unpaired) electrons. The van der Waals surface area contributed by atoms with E-state index in [0.29, 0.717) is 13.1 Å². The van der Waals surface area contributed by atoms with Gasteiger partial charge in [-0.15, -0.1) is 0 Å². The van der Waals surface area contributed by atoms with Crippen LogP contribution in [0.4, 0.5) is 0 Å². The lowest BCUT2D eigenvalue weighted by Gasteiger charge is -2.23. The van der Waals surface area contributed by atoms with Crippen LogP contribution in [-0.4, -0.2) is 36.0 Å². The van der Waals surface area contributed by atoms with Gasteiger partial charge in [-0.25, -0.2) is 4.79 Å². The highest BCUT2D eigenvalue weighted by molar-refractivity contribution is 6.01. The first-order valence-corrected chi connectivity index (χ1v) is 6.76. The van der Waals surface area contributed by atoms with Gasteiger partial charge in [0.1, 0.15) is 0 Å². The van der Waals surface area contributed by atoms with E-state index in [0.717, 1.165) is 11.1 Å². The van der Waals surface area contributed by atoms with Crippen LogP contribution in [0, 0.1) is 6.92 Å². The number of likely N-dealkylation sites (N-methyl/N-ethyl adjacent to an activating group) is 1. The molecule has 5 nitrogen and oxygen atoms in total. The highest BCUT2D eigenvalue weighted by Crippen LogP contribution is 2.09. The van der Waals surface area contributed by atoms with Gasteiger partial charge in [-0.3, -0.25) is 4.79 Å². The summed E-state index contributed by atoms with van der Waals surface area (Å²) in [5, 5.41) is 0. The van der Waals surface area contributed by atoms with Gasteiger partial charge in [0.2, 0.25) is 0 Å². The fourth-order valence-corrected chi connectivity index (χ4v) is 1.91. The minimum absolute atomic E-state index is 0.212. The van der Waals surface area contributed by atoms with Crippen molar-refractivity contribution in [3.8, 4) is 0 Å². The summed E-state index contributed by atoms with van der Waals surface area (Å²) >= 11 is 0. The molecule has 110 valence electrons. The number of carbonyl (C=O) groups excluding carboxylic acids is 2. The van der Waals surface area contributed by atoms with Crippen LogP contribution in [0.1, 0.15) is 25.0 Å². The molecular formula is C15H22N2O3. The Labute approximate surface area is 119 Å². The average molecular weight is 278 g/mol. The Morgan fingerprint density at radius 1 is 1.35 bits per heavy atom. The van der Waals surface area contributed by atoms with Crippen LogP contribution in [0.2, 0.25) is 0 Å². The Balaban J connectivity index is 2.75. The van der Waals surface area contributed by atoms with E-state index >= 15 is 0 Å². The first-order valence-electron chi connectivity index (χ1n) is 6.76. The number of esters is 1.